The fraction of sp³-hybridized carbons (Fsp3) is 0.208. The third-order valence-electron chi connectivity index (χ3n) is 5.11. The number of amides is 2. The maximum Gasteiger partial charge on any atom is 0.255 e. The molecule has 1 unspecified atom stereocenters. The van der Waals surface area contributed by atoms with Gasteiger partial charge in [0, 0.05) is 23.5 Å². The molecule has 3 aromatic rings. The third-order valence-corrected chi connectivity index (χ3v) is 5.11. The van der Waals surface area contributed by atoms with Crippen LogP contribution < -0.4 is 16.0 Å². The molecule has 1 heterocycles. The molecule has 1 atom stereocenters. The molecule has 4 rings (SSSR count). The van der Waals surface area contributed by atoms with Gasteiger partial charge in [-0.15, -0.1) is 0 Å². The number of nitrogens with one attached hydrogen (secondary N) is 3. The van der Waals surface area contributed by atoms with Crippen molar-refractivity contribution < 1.29 is 14.0 Å². The van der Waals surface area contributed by atoms with Crippen LogP contribution in [0.5, 0.6) is 0 Å². The zero-order valence-corrected chi connectivity index (χ0v) is 17.1. The molecule has 2 aromatic carbocycles. The number of hydrogen-bond donors (Lipinski definition) is 3. The van der Waals surface area contributed by atoms with Gasteiger partial charge in [-0.1, -0.05) is 18.2 Å². The van der Waals surface area contributed by atoms with E-state index in [9.17, 15) is 14.0 Å². The molecule has 1 saturated carbocycles. The average molecular weight is 418 g/mol. The van der Waals surface area contributed by atoms with Gasteiger partial charge < -0.3 is 16.0 Å². The lowest BCUT2D eigenvalue weighted by Crippen LogP contribution is -2.27. The predicted octanol–water partition coefficient (Wildman–Crippen LogP) is 4.80. The van der Waals surface area contributed by atoms with E-state index in [-0.39, 0.29) is 29.6 Å². The van der Waals surface area contributed by atoms with Gasteiger partial charge in [0.25, 0.3) is 5.91 Å². The largest absolute Gasteiger partial charge is 0.345 e. The van der Waals surface area contributed by atoms with Crippen LogP contribution in [0, 0.1) is 11.7 Å². The van der Waals surface area contributed by atoms with E-state index in [1.165, 1.54) is 12.1 Å². The minimum Gasteiger partial charge on any atom is -0.345 e. The molecule has 1 fully saturated rings. The maximum absolute atomic E-state index is 13.5. The highest BCUT2D eigenvalue weighted by Gasteiger charge is 2.29. The van der Waals surface area contributed by atoms with Gasteiger partial charge in [0.05, 0.1) is 11.6 Å². The average Bonchev–Trinajstić information content (AvgIpc) is 3.60. The van der Waals surface area contributed by atoms with Crippen LogP contribution in [0.1, 0.15) is 41.7 Å². The number of aromatic nitrogens is 1. The summed E-state index contributed by atoms with van der Waals surface area (Å²) in [7, 11) is 0. The molecule has 2 amide bonds. The summed E-state index contributed by atoms with van der Waals surface area (Å²) in [6.07, 6.45) is 3.48. The first-order valence-corrected chi connectivity index (χ1v) is 10.2. The monoisotopic (exact) mass is 418 g/mol. The molecule has 0 spiro atoms. The van der Waals surface area contributed by atoms with Gasteiger partial charge in [0.2, 0.25) is 5.91 Å². The Balaban J connectivity index is 1.42. The Morgan fingerprint density at radius 3 is 2.52 bits per heavy atom. The number of carbonyl (C=O) groups is 2. The summed E-state index contributed by atoms with van der Waals surface area (Å²) in [5.41, 5.74) is 2.51. The smallest absolute Gasteiger partial charge is 0.255 e. The highest BCUT2D eigenvalue weighted by atomic mass is 19.1. The van der Waals surface area contributed by atoms with Gasteiger partial charge in [-0.25, -0.2) is 9.37 Å². The van der Waals surface area contributed by atoms with Crippen molar-refractivity contribution in [1.82, 2.24) is 10.3 Å². The highest BCUT2D eigenvalue weighted by molar-refractivity contribution is 5.99. The van der Waals surface area contributed by atoms with Gasteiger partial charge in [0.15, 0.2) is 0 Å². The van der Waals surface area contributed by atoms with E-state index < -0.39 is 0 Å². The molecule has 0 bridgehead atoms. The fourth-order valence-corrected chi connectivity index (χ4v) is 3.19. The summed E-state index contributed by atoms with van der Waals surface area (Å²) in [5.74, 6) is -0.129. The molecule has 3 N–H and O–H groups in total. The molecule has 1 aliphatic rings. The minimum absolute atomic E-state index is 0.0593. The van der Waals surface area contributed by atoms with Crippen LogP contribution in [0.2, 0.25) is 0 Å². The third kappa shape index (κ3) is 5.25. The molecule has 7 heteroatoms. The van der Waals surface area contributed by atoms with Gasteiger partial charge >= 0.3 is 0 Å². The SMILES string of the molecule is CC(NC(=O)c1cccnc1Nc1cccc(F)c1)c1ccc(NC(=O)C2CC2)cc1. The number of halogens is 1. The molecule has 6 nitrogen and oxygen atoms in total. The van der Waals surface area contributed by atoms with Gasteiger partial charge in [-0.3, -0.25) is 9.59 Å². The fourth-order valence-electron chi connectivity index (χ4n) is 3.19. The minimum atomic E-state index is -0.377. The number of rotatable bonds is 7. The summed E-state index contributed by atoms with van der Waals surface area (Å²) in [6.45, 7) is 1.88. The molecule has 158 valence electrons. The Morgan fingerprint density at radius 1 is 1.03 bits per heavy atom. The van der Waals surface area contributed by atoms with Crippen LogP contribution >= 0.6 is 0 Å². The standard InChI is InChI=1S/C24H23FN4O2/c1-15(16-9-11-19(12-10-16)29-23(30)17-7-8-17)27-24(31)21-6-3-13-26-22(21)28-20-5-2-4-18(25)14-20/h2-6,9-15,17H,7-8H2,1H3,(H,26,28)(H,27,31)(H,29,30). The summed E-state index contributed by atoms with van der Waals surface area (Å²) < 4.78 is 13.5. The number of anilines is 3. The Hall–Kier alpha value is -3.74. The number of hydrogen-bond acceptors (Lipinski definition) is 4. The summed E-state index contributed by atoms with van der Waals surface area (Å²) in [6, 6.07) is 16.5. The number of benzene rings is 2. The van der Waals surface area contributed by atoms with Crippen LogP contribution in [-0.4, -0.2) is 16.8 Å². The van der Waals surface area contributed by atoms with Crippen molar-refractivity contribution in [2.45, 2.75) is 25.8 Å². The molecular weight excluding hydrogens is 395 g/mol. The van der Waals surface area contributed by atoms with E-state index >= 15 is 0 Å². The topological polar surface area (TPSA) is 83.1 Å². The second-order valence-electron chi connectivity index (χ2n) is 7.62. The lowest BCUT2D eigenvalue weighted by Gasteiger charge is -2.17. The van der Waals surface area contributed by atoms with E-state index in [1.807, 2.05) is 31.2 Å². The first-order chi connectivity index (χ1) is 15.0. The van der Waals surface area contributed by atoms with Crippen molar-refractivity contribution in [3.05, 3.63) is 83.8 Å². The lowest BCUT2D eigenvalue weighted by atomic mass is 10.1. The Labute approximate surface area is 179 Å². The summed E-state index contributed by atoms with van der Waals surface area (Å²) in [4.78, 5) is 29.0. The van der Waals surface area contributed by atoms with Crippen LogP contribution in [0.15, 0.2) is 66.9 Å². The molecule has 1 aliphatic carbocycles. The second kappa shape index (κ2) is 8.95. The van der Waals surface area contributed by atoms with E-state index in [1.54, 1.807) is 30.5 Å². The second-order valence-corrected chi connectivity index (χ2v) is 7.62. The maximum atomic E-state index is 13.5. The van der Waals surface area contributed by atoms with Gasteiger partial charge in [-0.05, 0) is 67.8 Å². The molecule has 31 heavy (non-hydrogen) atoms. The molecule has 1 aromatic heterocycles. The number of pyridine rings is 1. The first kappa shape index (κ1) is 20.5. The van der Waals surface area contributed by atoms with E-state index in [2.05, 4.69) is 20.9 Å². The molecule has 0 radical (unpaired) electrons. The Kier molecular flexibility index (Phi) is 5.93. The van der Waals surface area contributed by atoms with E-state index in [4.69, 9.17) is 0 Å². The van der Waals surface area contributed by atoms with Gasteiger partial charge in [-0.2, -0.15) is 0 Å². The van der Waals surface area contributed by atoms with Crippen LogP contribution in [0.25, 0.3) is 0 Å². The number of nitrogens with zero attached hydrogens (tertiary/aromatic N) is 1. The van der Waals surface area contributed by atoms with Crippen LogP contribution in [0.4, 0.5) is 21.6 Å². The van der Waals surface area contributed by atoms with E-state index in [0.29, 0.717) is 17.1 Å². The van der Waals surface area contributed by atoms with Crippen LogP contribution in [0.3, 0.4) is 0 Å². The van der Waals surface area contributed by atoms with Crippen molar-refractivity contribution >= 4 is 29.0 Å². The van der Waals surface area contributed by atoms with Crippen molar-refractivity contribution in [2.24, 2.45) is 5.92 Å². The lowest BCUT2D eigenvalue weighted by molar-refractivity contribution is -0.117. The van der Waals surface area contributed by atoms with Crippen molar-refractivity contribution in [3.8, 4) is 0 Å². The Bertz CT molecular complexity index is 1100. The molecule has 0 aliphatic heterocycles. The summed E-state index contributed by atoms with van der Waals surface area (Å²) >= 11 is 0. The normalized spacial score (nSPS) is 13.9. The molecule has 0 saturated heterocycles. The summed E-state index contributed by atoms with van der Waals surface area (Å²) in [5, 5.41) is 8.85. The molecular formula is C24H23FN4O2. The van der Waals surface area contributed by atoms with Crippen LogP contribution in [-0.2, 0) is 4.79 Å². The predicted molar refractivity (Wildman–Crippen MR) is 118 cm³/mol. The van der Waals surface area contributed by atoms with Gasteiger partial charge in [0.1, 0.15) is 11.6 Å². The quantitative estimate of drug-likeness (QED) is 0.515. The van der Waals surface area contributed by atoms with Crippen molar-refractivity contribution in [3.63, 3.8) is 0 Å². The highest BCUT2D eigenvalue weighted by Crippen LogP contribution is 2.30. The van der Waals surface area contributed by atoms with E-state index in [0.717, 1.165) is 24.1 Å². The van der Waals surface area contributed by atoms with Crippen molar-refractivity contribution in [2.75, 3.05) is 10.6 Å². The zero-order chi connectivity index (χ0) is 21.8. The Morgan fingerprint density at radius 2 is 1.81 bits per heavy atom. The van der Waals surface area contributed by atoms with Crippen molar-refractivity contribution in [1.29, 1.82) is 0 Å². The first-order valence-electron chi connectivity index (χ1n) is 10.2. The number of carbonyl (C=O) groups excluding carboxylic acids is 2. The zero-order valence-electron chi connectivity index (χ0n) is 17.1.